The van der Waals surface area contributed by atoms with Crippen molar-refractivity contribution >= 4 is 15.7 Å². The van der Waals surface area contributed by atoms with Crippen molar-refractivity contribution in [3.05, 3.63) is 72.1 Å². The van der Waals surface area contributed by atoms with Gasteiger partial charge in [0.25, 0.3) is 0 Å². The van der Waals surface area contributed by atoms with Gasteiger partial charge in [-0.05, 0) is 18.2 Å². The standard InChI is InChI=1S/C15H13F3N2O3S/c1-2-10-20(13-8-4-3-7-12(13)15(16,17)18)24(22,23)14-9-5-6-11-19(14)21/h2-9,11H,1,10H2. The molecule has 0 unspecified atom stereocenters. The van der Waals surface area contributed by atoms with E-state index in [1.165, 1.54) is 18.2 Å². The molecule has 0 aliphatic carbocycles. The number of anilines is 1. The number of para-hydroxylation sites is 1. The molecule has 0 amide bonds. The van der Waals surface area contributed by atoms with Crippen LogP contribution < -0.4 is 9.04 Å². The SMILES string of the molecule is C=CCN(c1ccccc1C(F)(F)F)S(=O)(=O)c1cccc[n+]1[O-]. The molecule has 0 bridgehead atoms. The molecule has 2 rings (SSSR count). The number of halogens is 3. The summed E-state index contributed by atoms with van der Waals surface area (Å²) in [6, 6.07) is 7.89. The second-order valence-corrected chi connectivity index (χ2v) is 6.51. The largest absolute Gasteiger partial charge is 0.618 e. The summed E-state index contributed by atoms with van der Waals surface area (Å²) in [5.41, 5.74) is -1.70. The van der Waals surface area contributed by atoms with Crippen LogP contribution >= 0.6 is 0 Å². The number of nitrogens with zero attached hydrogens (tertiary/aromatic N) is 2. The fourth-order valence-corrected chi connectivity index (χ4v) is 3.58. The lowest BCUT2D eigenvalue weighted by molar-refractivity contribution is -0.646. The molecular formula is C15H13F3N2O3S. The Labute approximate surface area is 136 Å². The molecule has 1 aromatic carbocycles. The van der Waals surface area contributed by atoms with Crippen LogP contribution in [0.2, 0.25) is 0 Å². The van der Waals surface area contributed by atoms with Crippen LogP contribution in [0.1, 0.15) is 5.56 Å². The second kappa shape index (κ2) is 6.52. The zero-order valence-corrected chi connectivity index (χ0v) is 13.1. The molecule has 0 atom stereocenters. The molecule has 9 heteroatoms. The van der Waals surface area contributed by atoms with E-state index in [9.17, 15) is 26.8 Å². The van der Waals surface area contributed by atoms with E-state index in [-0.39, 0.29) is 4.73 Å². The van der Waals surface area contributed by atoms with Crippen LogP contribution in [0.25, 0.3) is 0 Å². The van der Waals surface area contributed by atoms with E-state index < -0.39 is 39.0 Å². The normalized spacial score (nSPS) is 12.0. The molecule has 0 saturated carbocycles. The Bertz CT molecular complexity index is 851. The highest BCUT2D eigenvalue weighted by Crippen LogP contribution is 2.37. The summed E-state index contributed by atoms with van der Waals surface area (Å²) in [6.07, 6.45) is -2.66. The smallest absolute Gasteiger partial charge is 0.418 e. The number of alkyl halides is 3. The van der Waals surface area contributed by atoms with Crippen molar-refractivity contribution in [1.29, 1.82) is 0 Å². The van der Waals surface area contributed by atoms with Crippen molar-refractivity contribution < 1.29 is 26.3 Å². The lowest BCUT2D eigenvalue weighted by Gasteiger charge is -2.25. The molecule has 5 nitrogen and oxygen atoms in total. The van der Waals surface area contributed by atoms with Crippen molar-refractivity contribution in [2.24, 2.45) is 0 Å². The Morgan fingerprint density at radius 2 is 1.79 bits per heavy atom. The van der Waals surface area contributed by atoms with Gasteiger partial charge in [-0.15, -0.1) is 6.58 Å². The highest BCUT2D eigenvalue weighted by molar-refractivity contribution is 7.92. The summed E-state index contributed by atoms with van der Waals surface area (Å²) >= 11 is 0. The van der Waals surface area contributed by atoms with Gasteiger partial charge in [0.05, 0.1) is 17.8 Å². The van der Waals surface area contributed by atoms with Crippen LogP contribution in [0, 0.1) is 5.21 Å². The van der Waals surface area contributed by atoms with E-state index in [1.807, 2.05) is 0 Å². The maximum absolute atomic E-state index is 13.2. The van der Waals surface area contributed by atoms with Gasteiger partial charge in [-0.1, -0.05) is 18.2 Å². The quantitative estimate of drug-likeness (QED) is 0.469. The third-order valence-electron chi connectivity index (χ3n) is 3.12. The molecule has 0 spiro atoms. The van der Waals surface area contributed by atoms with E-state index in [0.29, 0.717) is 4.31 Å². The molecule has 1 heterocycles. The molecule has 0 radical (unpaired) electrons. The Kier molecular flexibility index (Phi) is 4.83. The van der Waals surface area contributed by atoms with E-state index in [0.717, 1.165) is 36.5 Å². The number of sulfonamides is 1. The van der Waals surface area contributed by atoms with E-state index >= 15 is 0 Å². The molecule has 0 aliphatic rings. The maximum Gasteiger partial charge on any atom is 0.418 e. The average molecular weight is 358 g/mol. The van der Waals surface area contributed by atoms with E-state index in [2.05, 4.69) is 6.58 Å². The molecule has 0 N–H and O–H groups in total. The third kappa shape index (κ3) is 3.35. The summed E-state index contributed by atoms with van der Waals surface area (Å²) in [5, 5.41) is 11.1. The summed E-state index contributed by atoms with van der Waals surface area (Å²) in [4.78, 5) is 0. The van der Waals surface area contributed by atoms with Gasteiger partial charge in [0.2, 0.25) is 0 Å². The number of hydrogen-bond donors (Lipinski definition) is 0. The summed E-state index contributed by atoms with van der Waals surface area (Å²) in [6.45, 7) is 2.95. The van der Waals surface area contributed by atoms with Gasteiger partial charge in [0.15, 0.2) is 6.20 Å². The zero-order valence-electron chi connectivity index (χ0n) is 12.3. The van der Waals surface area contributed by atoms with Crippen LogP contribution in [-0.4, -0.2) is 15.0 Å². The van der Waals surface area contributed by atoms with Crippen molar-refractivity contribution in [2.75, 3.05) is 10.8 Å². The van der Waals surface area contributed by atoms with Gasteiger partial charge in [-0.3, -0.25) is 4.31 Å². The fraction of sp³-hybridized carbons (Fsp3) is 0.133. The van der Waals surface area contributed by atoms with Gasteiger partial charge in [0.1, 0.15) is 0 Å². The van der Waals surface area contributed by atoms with Crippen LogP contribution in [-0.2, 0) is 16.2 Å². The van der Waals surface area contributed by atoms with Gasteiger partial charge in [-0.2, -0.15) is 26.3 Å². The second-order valence-electron chi connectivity index (χ2n) is 4.70. The first-order chi connectivity index (χ1) is 11.2. The lowest BCUT2D eigenvalue weighted by atomic mass is 10.1. The minimum atomic E-state index is -4.75. The van der Waals surface area contributed by atoms with Crippen molar-refractivity contribution in [2.45, 2.75) is 11.2 Å². The summed E-state index contributed by atoms with van der Waals surface area (Å²) in [5.74, 6) is 0. The van der Waals surface area contributed by atoms with Crippen LogP contribution in [0.15, 0.2) is 66.3 Å². The number of benzene rings is 1. The number of rotatable bonds is 5. The highest BCUT2D eigenvalue weighted by atomic mass is 32.2. The fourth-order valence-electron chi connectivity index (χ4n) is 2.10. The first kappa shape index (κ1) is 17.8. The number of aromatic nitrogens is 1. The molecule has 0 fully saturated rings. The van der Waals surface area contributed by atoms with Crippen LogP contribution in [0.4, 0.5) is 18.9 Å². The Balaban J connectivity index is 2.68. The predicted octanol–water partition coefficient (Wildman–Crippen LogP) is 2.72. The number of pyridine rings is 1. The minimum Gasteiger partial charge on any atom is -0.618 e. The monoisotopic (exact) mass is 358 g/mol. The Hall–Kier alpha value is -2.55. The molecule has 0 saturated heterocycles. The highest BCUT2D eigenvalue weighted by Gasteiger charge is 2.39. The van der Waals surface area contributed by atoms with Gasteiger partial charge in [0, 0.05) is 12.1 Å². The zero-order chi connectivity index (χ0) is 18.0. The molecule has 2 aromatic rings. The van der Waals surface area contributed by atoms with Gasteiger partial charge in [-0.25, -0.2) is 0 Å². The topological polar surface area (TPSA) is 64.3 Å². The molecule has 1 aromatic heterocycles. The van der Waals surface area contributed by atoms with Gasteiger partial charge < -0.3 is 5.21 Å². The minimum absolute atomic E-state index is 0.0849. The van der Waals surface area contributed by atoms with E-state index in [4.69, 9.17) is 0 Å². The molecule has 24 heavy (non-hydrogen) atoms. The summed E-state index contributed by atoms with van der Waals surface area (Å²) < 4.78 is 65.6. The Morgan fingerprint density at radius 1 is 1.17 bits per heavy atom. The number of hydrogen-bond acceptors (Lipinski definition) is 3. The molecule has 128 valence electrons. The van der Waals surface area contributed by atoms with Crippen molar-refractivity contribution in [1.82, 2.24) is 0 Å². The van der Waals surface area contributed by atoms with Crippen LogP contribution in [0.5, 0.6) is 0 Å². The third-order valence-corrected chi connectivity index (χ3v) is 4.89. The first-order valence-electron chi connectivity index (χ1n) is 6.67. The predicted molar refractivity (Wildman–Crippen MR) is 81.6 cm³/mol. The first-order valence-corrected chi connectivity index (χ1v) is 8.11. The average Bonchev–Trinajstić information content (AvgIpc) is 2.52. The van der Waals surface area contributed by atoms with Crippen molar-refractivity contribution in [3.8, 4) is 0 Å². The van der Waals surface area contributed by atoms with Crippen molar-refractivity contribution in [3.63, 3.8) is 0 Å². The Morgan fingerprint density at radius 3 is 2.38 bits per heavy atom. The van der Waals surface area contributed by atoms with Gasteiger partial charge >= 0.3 is 21.2 Å². The lowest BCUT2D eigenvalue weighted by Crippen LogP contribution is -2.41. The van der Waals surface area contributed by atoms with E-state index in [1.54, 1.807) is 0 Å². The maximum atomic E-state index is 13.2. The molecule has 0 aliphatic heterocycles. The molecular weight excluding hydrogens is 345 g/mol. The summed E-state index contributed by atoms with van der Waals surface area (Å²) in [7, 11) is -4.52. The van der Waals surface area contributed by atoms with Crippen LogP contribution in [0.3, 0.4) is 0 Å².